The van der Waals surface area contributed by atoms with Gasteiger partial charge >= 0.3 is 0 Å². The molecule has 2 aromatic heterocycles. The van der Waals surface area contributed by atoms with Crippen LogP contribution in [0.4, 0.5) is 0 Å². The number of benzene rings is 10. The van der Waals surface area contributed by atoms with Crippen LogP contribution in [0.3, 0.4) is 0 Å². The number of para-hydroxylation sites is 4. The molecule has 10 aromatic carbocycles. The third-order valence-corrected chi connectivity index (χ3v) is 19.4. The summed E-state index contributed by atoms with van der Waals surface area (Å²) in [4.78, 5) is 0. The van der Waals surface area contributed by atoms with Gasteiger partial charge in [0.05, 0.1) is 33.2 Å². The Kier molecular flexibility index (Phi) is 7.38. The molecule has 0 saturated heterocycles. The largest absolute Gasteiger partial charge is 0.309 e. The van der Waals surface area contributed by atoms with Crippen molar-refractivity contribution < 1.29 is 0 Å². The zero-order valence-corrected chi connectivity index (χ0v) is 36.0. The third kappa shape index (κ3) is 4.48. The number of hydrogen-bond acceptors (Lipinski definition) is 0. The van der Waals surface area contributed by atoms with Crippen LogP contribution in [0.1, 0.15) is 22.3 Å². The fourth-order valence-corrected chi connectivity index (χ4v) is 17.0. The van der Waals surface area contributed by atoms with Gasteiger partial charge in [-0.05, 0) is 90.5 Å². The van der Waals surface area contributed by atoms with Crippen LogP contribution in [0.25, 0.3) is 66.1 Å². The van der Waals surface area contributed by atoms with Gasteiger partial charge < -0.3 is 9.13 Å². The van der Waals surface area contributed by atoms with Crippen LogP contribution in [0.2, 0.25) is 0 Å². The number of fused-ring (bicyclic) bond motifs is 15. The molecule has 1 spiro atoms. The van der Waals surface area contributed by atoms with Crippen LogP contribution in [-0.4, -0.2) is 17.2 Å². The van der Waals surface area contributed by atoms with Gasteiger partial charge in [-0.3, -0.25) is 0 Å². The summed E-state index contributed by atoms with van der Waals surface area (Å²) in [5.74, 6) is 0. The first-order chi connectivity index (χ1) is 31.8. The van der Waals surface area contributed by atoms with Crippen LogP contribution in [0, 0.1) is 0 Å². The normalized spacial score (nSPS) is 13.4. The van der Waals surface area contributed by atoms with Crippen molar-refractivity contribution in [2.75, 3.05) is 0 Å². The average Bonchev–Trinajstić information content (AvgIpc) is 3.99. The minimum Gasteiger partial charge on any atom is -0.309 e. The predicted octanol–water partition coefficient (Wildman–Crippen LogP) is 11.9. The van der Waals surface area contributed by atoms with Crippen molar-refractivity contribution in [2.45, 2.75) is 5.41 Å². The second-order valence-electron chi connectivity index (χ2n) is 17.5. The van der Waals surface area contributed by atoms with E-state index in [4.69, 9.17) is 0 Å². The second-order valence-corrected chi connectivity index (χ2v) is 21.3. The van der Waals surface area contributed by atoms with Gasteiger partial charge in [-0.1, -0.05) is 206 Å². The molecule has 0 N–H and O–H groups in total. The fraction of sp³-hybridized carbons (Fsp3) is 0.0164. The highest BCUT2D eigenvalue weighted by Gasteiger charge is 2.52. The van der Waals surface area contributed by atoms with Crippen molar-refractivity contribution in [3.8, 4) is 22.5 Å². The first-order valence-corrected chi connectivity index (χ1v) is 24.4. The monoisotopic (exact) mass is 828 g/mol. The standard InChI is InChI=1S/C61H40N2Si/c1-4-19-41(20-5-1)62-56-33-16-13-28-49(56)51-39-44(36-38-58(51)62)64(42-21-6-2-7-22-42,43-23-8-3-9-24-43)45-35-37-54-59(40-45)63-57-34-17-12-27-48(57)50-29-18-32-55(60(50)63)61(54)52-30-14-10-25-46(52)47-26-11-15-31-53(47)61/h1-40H. The van der Waals surface area contributed by atoms with Crippen molar-refractivity contribution in [1.82, 2.24) is 9.13 Å². The molecule has 64 heavy (non-hydrogen) atoms. The van der Waals surface area contributed by atoms with E-state index in [1.807, 2.05) is 0 Å². The van der Waals surface area contributed by atoms with E-state index in [1.165, 1.54) is 109 Å². The van der Waals surface area contributed by atoms with Crippen LogP contribution in [0.15, 0.2) is 243 Å². The van der Waals surface area contributed by atoms with Crippen molar-refractivity contribution >= 4 is 72.4 Å². The van der Waals surface area contributed by atoms with E-state index < -0.39 is 13.5 Å². The molecule has 3 heteroatoms. The zero-order valence-electron chi connectivity index (χ0n) is 35.0. The molecule has 0 saturated carbocycles. The predicted molar refractivity (Wildman–Crippen MR) is 270 cm³/mol. The highest BCUT2D eigenvalue weighted by Crippen LogP contribution is 2.60. The van der Waals surface area contributed by atoms with Gasteiger partial charge in [0.1, 0.15) is 0 Å². The molecule has 2 aliphatic rings. The van der Waals surface area contributed by atoms with Gasteiger partial charge in [-0.25, -0.2) is 0 Å². The van der Waals surface area contributed by atoms with Gasteiger partial charge in [0.2, 0.25) is 0 Å². The van der Waals surface area contributed by atoms with Crippen LogP contribution < -0.4 is 20.7 Å². The van der Waals surface area contributed by atoms with Gasteiger partial charge in [0, 0.05) is 27.2 Å². The molecule has 0 unspecified atom stereocenters. The second kappa shape index (κ2) is 13.3. The minimum atomic E-state index is -3.07. The number of rotatable bonds is 5. The molecule has 0 bridgehead atoms. The summed E-state index contributed by atoms with van der Waals surface area (Å²) in [6.45, 7) is 0. The summed E-state index contributed by atoms with van der Waals surface area (Å²) in [5.41, 5.74) is 14.9. The SMILES string of the molecule is c1ccc(-n2c3ccccc3c3cc([Si](c4ccccc4)(c4ccccc4)c4ccc5c(c4)-n4c6ccccc6c6cccc(c64)C54c5ccccc5-c5ccccc54)ccc32)cc1. The quantitative estimate of drug-likeness (QED) is 0.121. The van der Waals surface area contributed by atoms with Crippen molar-refractivity contribution in [3.05, 3.63) is 265 Å². The zero-order chi connectivity index (χ0) is 42.0. The van der Waals surface area contributed by atoms with Gasteiger partial charge in [-0.2, -0.15) is 0 Å². The van der Waals surface area contributed by atoms with E-state index in [0.29, 0.717) is 0 Å². The number of hydrogen-bond donors (Lipinski definition) is 0. The van der Waals surface area contributed by atoms with Gasteiger partial charge in [-0.15, -0.1) is 0 Å². The molecule has 0 atom stereocenters. The maximum absolute atomic E-state index is 3.07. The molecule has 0 radical (unpaired) electrons. The van der Waals surface area contributed by atoms with Gasteiger partial charge in [0.25, 0.3) is 0 Å². The van der Waals surface area contributed by atoms with Crippen molar-refractivity contribution in [3.63, 3.8) is 0 Å². The Morgan fingerprint density at radius 1 is 0.297 bits per heavy atom. The summed E-state index contributed by atoms with van der Waals surface area (Å²) < 4.78 is 5.04. The summed E-state index contributed by atoms with van der Waals surface area (Å²) in [7, 11) is -3.07. The number of nitrogens with zero attached hydrogens (tertiary/aromatic N) is 2. The lowest BCUT2D eigenvalue weighted by atomic mass is 9.65. The average molecular weight is 829 g/mol. The molecule has 298 valence electrons. The molecular formula is C61H40N2Si. The van der Waals surface area contributed by atoms with E-state index >= 15 is 0 Å². The maximum Gasteiger partial charge on any atom is 0.179 e. The molecule has 0 amide bonds. The van der Waals surface area contributed by atoms with E-state index in [0.717, 1.165) is 0 Å². The first-order valence-electron chi connectivity index (χ1n) is 22.4. The Hall–Kier alpha value is -7.98. The Morgan fingerprint density at radius 3 is 1.45 bits per heavy atom. The smallest absolute Gasteiger partial charge is 0.179 e. The summed E-state index contributed by atoms with van der Waals surface area (Å²) in [6.07, 6.45) is 0. The topological polar surface area (TPSA) is 9.86 Å². The lowest BCUT2D eigenvalue weighted by Crippen LogP contribution is -2.74. The molecule has 14 rings (SSSR count). The van der Waals surface area contributed by atoms with Crippen molar-refractivity contribution in [2.24, 2.45) is 0 Å². The van der Waals surface area contributed by atoms with E-state index in [-0.39, 0.29) is 0 Å². The Morgan fingerprint density at radius 2 is 0.781 bits per heavy atom. The Balaban J connectivity index is 1.14. The van der Waals surface area contributed by atoms with E-state index in [2.05, 4.69) is 252 Å². The highest BCUT2D eigenvalue weighted by atomic mass is 28.3. The molecule has 0 fully saturated rings. The Labute approximate surface area is 372 Å². The molecule has 3 heterocycles. The van der Waals surface area contributed by atoms with E-state index in [1.54, 1.807) is 0 Å². The lowest BCUT2D eigenvalue weighted by molar-refractivity contribution is 0.749. The third-order valence-electron chi connectivity index (χ3n) is 14.7. The summed E-state index contributed by atoms with van der Waals surface area (Å²) in [6, 6.07) is 91.9. The summed E-state index contributed by atoms with van der Waals surface area (Å²) in [5, 5.41) is 10.5. The molecular weight excluding hydrogens is 789 g/mol. The van der Waals surface area contributed by atoms with Crippen LogP contribution >= 0.6 is 0 Å². The molecule has 12 aromatic rings. The molecule has 1 aliphatic carbocycles. The highest BCUT2D eigenvalue weighted by molar-refractivity contribution is 7.20. The minimum absolute atomic E-state index is 0.507. The van der Waals surface area contributed by atoms with Crippen LogP contribution in [0.5, 0.6) is 0 Å². The first kappa shape index (κ1) is 35.6. The number of aromatic nitrogens is 2. The van der Waals surface area contributed by atoms with Crippen LogP contribution in [-0.2, 0) is 5.41 Å². The van der Waals surface area contributed by atoms with Gasteiger partial charge in [0.15, 0.2) is 8.07 Å². The Bertz CT molecular complexity index is 3760. The summed E-state index contributed by atoms with van der Waals surface area (Å²) >= 11 is 0. The maximum atomic E-state index is 2.62. The molecule has 2 nitrogen and oxygen atoms in total. The fourth-order valence-electron chi connectivity index (χ4n) is 12.2. The molecule has 1 aliphatic heterocycles. The van der Waals surface area contributed by atoms with E-state index in [9.17, 15) is 0 Å². The lowest BCUT2D eigenvalue weighted by Gasteiger charge is -2.41. The van der Waals surface area contributed by atoms with Crippen molar-refractivity contribution in [1.29, 1.82) is 0 Å².